The molecule has 0 spiro atoms. The number of hydrogen-bond acceptors (Lipinski definition) is 4. The van der Waals surface area contributed by atoms with E-state index in [1.54, 1.807) is 12.3 Å². The van der Waals surface area contributed by atoms with Gasteiger partial charge in [0.1, 0.15) is 5.82 Å². The summed E-state index contributed by atoms with van der Waals surface area (Å²) in [5.41, 5.74) is 1.91. The topological polar surface area (TPSA) is 85.9 Å². The summed E-state index contributed by atoms with van der Waals surface area (Å²) in [4.78, 5) is 25.8. The molecule has 1 atom stereocenters. The molecule has 3 aromatic rings. The summed E-state index contributed by atoms with van der Waals surface area (Å²) in [6.45, 7) is 1.69. The SMILES string of the molecule is O=C(NCCc1nc2ccccc2[nH]1)NC1CCN(c2ncccc2F)C1. The van der Waals surface area contributed by atoms with Crippen molar-refractivity contribution >= 4 is 22.9 Å². The Labute approximate surface area is 156 Å². The molecule has 2 amide bonds. The average Bonchev–Trinajstić information content (AvgIpc) is 3.28. The van der Waals surface area contributed by atoms with Crippen LogP contribution < -0.4 is 15.5 Å². The van der Waals surface area contributed by atoms with E-state index >= 15 is 0 Å². The molecule has 8 heteroatoms. The number of hydrogen-bond donors (Lipinski definition) is 3. The van der Waals surface area contributed by atoms with E-state index in [1.165, 1.54) is 6.07 Å². The molecule has 1 unspecified atom stereocenters. The Kier molecular flexibility index (Phi) is 4.86. The highest BCUT2D eigenvalue weighted by molar-refractivity contribution is 5.75. The van der Waals surface area contributed by atoms with Gasteiger partial charge >= 0.3 is 6.03 Å². The lowest BCUT2D eigenvalue weighted by atomic mass is 10.3. The summed E-state index contributed by atoms with van der Waals surface area (Å²) in [7, 11) is 0. The molecule has 0 saturated carbocycles. The fourth-order valence-electron chi connectivity index (χ4n) is 3.34. The summed E-state index contributed by atoms with van der Waals surface area (Å²) >= 11 is 0. The number of amides is 2. The molecule has 1 saturated heterocycles. The summed E-state index contributed by atoms with van der Waals surface area (Å²) in [5, 5.41) is 5.79. The van der Waals surface area contributed by atoms with Gasteiger partial charge in [0.2, 0.25) is 0 Å². The summed E-state index contributed by atoms with van der Waals surface area (Å²) < 4.78 is 13.8. The highest BCUT2D eigenvalue weighted by atomic mass is 19.1. The maximum absolute atomic E-state index is 13.8. The normalized spacial score (nSPS) is 16.6. The van der Waals surface area contributed by atoms with E-state index in [0.717, 1.165) is 23.3 Å². The van der Waals surface area contributed by atoms with Crippen molar-refractivity contribution in [3.63, 3.8) is 0 Å². The number of rotatable bonds is 5. The molecule has 27 heavy (non-hydrogen) atoms. The fraction of sp³-hybridized carbons (Fsp3) is 0.316. The molecule has 0 radical (unpaired) electrons. The summed E-state index contributed by atoms with van der Waals surface area (Å²) in [6.07, 6.45) is 2.95. The fourth-order valence-corrected chi connectivity index (χ4v) is 3.34. The third-order valence-electron chi connectivity index (χ3n) is 4.65. The van der Waals surface area contributed by atoms with Crippen molar-refractivity contribution < 1.29 is 9.18 Å². The molecule has 2 aromatic heterocycles. The lowest BCUT2D eigenvalue weighted by Gasteiger charge is -2.18. The number of nitrogens with zero attached hydrogens (tertiary/aromatic N) is 3. The minimum atomic E-state index is -0.339. The standard InChI is InChI=1S/C19H21FN6O/c20-14-4-3-9-21-18(14)26-11-8-13(12-26)23-19(27)22-10-7-17-24-15-5-1-2-6-16(15)25-17/h1-6,9,13H,7-8,10-12H2,(H,24,25)(H2,22,23,27). The molecule has 1 aromatic carbocycles. The second kappa shape index (κ2) is 7.61. The molecular weight excluding hydrogens is 347 g/mol. The van der Waals surface area contributed by atoms with Gasteiger partial charge in [-0.3, -0.25) is 0 Å². The van der Waals surface area contributed by atoms with Crippen molar-refractivity contribution in [1.82, 2.24) is 25.6 Å². The van der Waals surface area contributed by atoms with Crippen LogP contribution >= 0.6 is 0 Å². The van der Waals surface area contributed by atoms with E-state index in [4.69, 9.17) is 0 Å². The number of benzene rings is 1. The van der Waals surface area contributed by atoms with Crippen molar-refractivity contribution in [2.45, 2.75) is 18.9 Å². The molecule has 1 aliphatic heterocycles. The van der Waals surface area contributed by atoms with Gasteiger partial charge in [0.25, 0.3) is 0 Å². The first-order valence-corrected chi connectivity index (χ1v) is 9.02. The van der Waals surface area contributed by atoms with Crippen LogP contribution in [0.1, 0.15) is 12.2 Å². The number of imidazole rings is 1. The van der Waals surface area contributed by atoms with Crippen molar-refractivity contribution in [1.29, 1.82) is 0 Å². The molecule has 1 fully saturated rings. The Bertz CT molecular complexity index is 910. The second-order valence-electron chi connectivity index (χ2n) is 6.59. The zero-order valence-electron chi connectivity index (χ0n) is 14.8. The second-order valence-corrected chi connectivity index (χ2v) is 6.59. The molecule has 3 heterocycles. The van der Waals surface area contributed by atoms with Gasteiger partial charge in [-0.2, -0.15) is 0 Å². The van der Waals surface area contributed by atoms with Gasteiger partial charge in [-0.25, -0.2) is 19.2 Å². The maximum Gasteiger partial charge on any atom is 0.315 e. The van der Waals surface area contributed by atoms with Crippen LogP contribution in [0.5, 0.6) is 0 Å². The monoisotopic (exact) mass is 368 g/mol. The Morgan fingerprint density at radius 1 is 1.30 bits per heavy atom. The van der Waals surface area contributed by atoms with Crippen LogP contribution in [0.4, 0.5) is 15.0 Å². The number of carbonyl (C=O) groups is 1. The van der Waals surface area contributed by atoms with Crippen LogP contribution in [0.25, 0.3) is 11.0 Å². The minimum Gasteiger partial charge on any atom is -0.352 e. The number of aromatic nitrogens is 3. The van der Waals surface area contributed by atoms with Gasteiger partial charge < -0.3 is 20.5 Å². The lowest BCUT2D eigenvalue weighted by molar-refractivity contribution is 0.238. The third-order valence-corrected chi connectivity index (χ3v) is 4.65. The Morgan fingerprint density at radius 2 is 2.19 bits per heavy atom. The van der Waals surface area contributed by atoms with E-state index in [2.05, 4.69) is 25.6 Å². The number of urea groups is 1. The van der Waals surface area contributed by atoms with Gasteiger partial charge in [0.15, 0.2) is 11.6 Å². The minimum absolute atomic E-state index is 0.0300. The molecule has 0 bridgehead atoms. The van der Waals surface area contributed by atoms with Gasteiger partial charge in [-0.15, -0.1) is 0 Å². The highest BCUT2D eigenvalue weighted by Gasteiger charge is 2.26. The molecule has 4 rings (SSSR count). The highest BCUT2D eigenvalue weighted by Crippen LogP contribution is 2.20. The number of pyridine rings is 1. The number of anilines is 1. The van der Waals surface area contributed by atoms with Crippen LogP contribution in [0.2, 0.25) is 0 Å². The van der Waals surface area contributed by atoms with E-state index in [-0.39, 0.29) is 17.9 Å². The van der Waals surface area contributed by atoms with Crippen molar-refractivity contribution in [2.24, 2.45) is 0 Å². The molecule has 7 nitrogen and oxygen atoms in total. The number of nitrogens with one attached hydrogen (secondary N) is 3. The molecular formula is C19H21FN6O. The first-order chi connectivity index (χ1) is 13.2. The van der Waals surface area contributed by atoms with E-state index in [9.17, 15) is 9.18 Å². The van der Waals surface area contributed by atoms with Crippen LogP contribution in [0, 0.1) is 5.82 Å². The van der Waals surface area contributed by atoms with E-state index in [0.29, 0.717) is 31.9 Å². The molecule has 0 aliphatic carbocycles. The van der Waals surface area contributed by atoms with Crippen LogP contribution in [0.3, 0.4) is 0 Å². The maximum atomic E-state index is 13.8. The first-order valence-electron chi connectivity index (χ1n) is 9.02. The molecule has 1 aliphatic rings. The van der Waals surface area contributed by atoms with Gasteiger partial charge in [-0.1, -0.05) is 12.1 Å². The third kappa shape index (κ3) is 3.99. The number of halogens is 1. The van der Waals surface area contributed by atoms with Gasteiger partial charge in [0.05, 0.1) is 11.0 Å². The number of fused-ring (bicyclic) bond motifs is 1. The number of H-pyrrole nitrogens is 1. The molecule has 3 N–H and O–H groups in total. The van der Waals surface area contributed by atoms with Gasteiger partial charge in [-0.05, 0) is 30.7 Å². The van der Waals surface area contributed by atoms with E-state index < -0.39 is 0 Å². The predicted octanol–water partition coefficient (Wildman–Crippen LogP) is 2.22. The summed E-state index contributed by atoms with van der Waals surface area (Å²) in [6, 6.07) is 10.5. The first kappa shape index (κ1) is 17.3. The number of para-hydroxylation sites is 2. The van der Waals surface area contributed by atoms with Crippen molar-refractivity contribution in [3.05, 3.63) is 54.2 Å². The Morgan fingerprint density at radius 3 is 3.04 bits per heavy atom. The quantitative estimate of drug-likeness (QED) is 0.645. The lowest BCUT2D eigenvalue weighted by Crippen LogP contribution is -2.44. The predicted molar refractivity (Wildman–Crippen MR) is 101 cm³/mol. The zero-order valence-corrected chi connectivity index (χ0v) is 14.8. The van der Waals surface area contributed by atoms with E-state index in [1.807, 2.05) is 29.2 Å². The molecule has 140 valence electrons. The van der Waals surface area contributed by atoms with Gasteiger partial charge in [0, 0.05) is 38.3 Å². The average molecular weight is 368 g/mol. The number of carbonyl (C=O) groups excluding carboxylic acids is 1. The number of aromatic amines is 1. The van der Waals surface area contributed by atoms with Crippen LogP contribution in [-0.2, 0) is 6.42 Å². The largest absolute Gasteiger partial charge is 0.352 e. The van der Waals surface area contributed by atoms with Crippen molar-refractivity contribution in [2.75, 3.05) is 24.5 Å². The smallest absolute Gasteiger partial charge is 0.315 e. The Hall–Kier alpha value is -3.16. The Balaban J connectivity index is 1.23. The van der Waals surface area contributed by atoms with Crippen LogP contribution in [-0.4, -0.2) is 46.7 Å². The summed E-state index contributed by atoms with van der Waals surface area (Å²) in [5.74, 6) is 0.842. The van der Waals surface area contributed by atoms with Crippen LogP contribution in [0.15, 0.2) is 42.6 Å². The van der Waals surface area contributed by atoms with Crippen molar-refractivity contribution in [3.8, 4) is 0 Å². The zero-order chi connectivity index (χ0) is 18.6.